The van der Waals surface area contributed by atoms with E-state index in [2.05, 4.69) is 31.2 Å². The van der Waals surface area contributed by atoms with Crippen molar-refractivity contribution in [3.8, 4) is 0 Å². The molecular weight excluding hydrogens is 186 g/mol. The number of hydrogen-bond donors (Lipinski definition) is 1. The van der Waals surface area contributed by atoms with Crippen LogP contribution in [0.4, 0.5) is 5.69 Å². The van der Waals surface area contributed by atoms with Gasteiger partial charge in [-0.1, -0.05) is 26.7 Å². The lowest BCUT2D eigenvalue weighted by atomic mass is 10.1. The van der Waals surface area contributed by atoms with Crippen molar-refractivity contribution in [2.75, 3.05) is 5.32 Å². The van der Waals surface area contributed by atoms with E-state index in [-0.39, 0.29) is 0 Å². The summed E-state index contributed by atoms with van der Waals surface area (Å²) in [4.78, 5) is 0. The molecule has 0 atom stereocenters. The summed E-state index contributed by atoms with van der Waals surface area (Å²) in [6.07, 6.45) is 6.87. The number of nitrogens with one attached hydrogen (secondary N) is 1. The first kappa shape index (κ1) is 12.1. The number of aryl methyl sites for hydroxylation is 1. The van der Waals surface area contributed by atoms with Crippen LogP contribution < -0.4 is 5.32 Å². The average molecular weight is 209 g/mol. The van der Waals surface area contributed by atoms with Crippen LogP contribution in [0.3, 0.4) is 0 Å². The summed E-state index contributed by atoms with van der Waals surface area (Å²) in [5.74, 6) is 0. The molecular formula is C12H23N3. The molecule has 0 aliphatic carbocycles. The highest BCUT2D eigenvalue weighted by atomic mass is 15.3. The second-order valence-electron chi connectivity index (χ2n) is 4.19. The molecule has 1 heterocycles. The van der Waals surface area contributed by atoms with Gasteiger partial charge in [0.2, 0.25) is 0 Å². The maximum absolute atomic E-state index is 4.24. The van der Waals surface area contributed by atoms with E-state index in [0.717, 1.165) is 0 Å². The van der Waals surface area contributed by atoms with E-state index < -0.39 is 0 Å². The molecule has 0 bridgehead atoms. The molecule has 0 radical (unpaired) electrons. The molecule has 0 aliphatic heterocycles. The maximum atomic E-state index is 4.24. The molecule has 1 aromatic rings. The summed E-state index contributed by atoms with van der Waals surface area (Å²) in [7, 11) is 1.98. The third-order valence-corrected chi connectivity index (χ3v) is 2.87. The van der Waals surface area contributed by atoms with Gasteiger partial charge in [-0.05, 0) is 19.8 Å². The second kappa shape index (κ2) is 5.79. The van der Waals surface area contributed by atoms with Crippen molar-refractivity contribution in [2.45, 2.75) is 52.5 Å². The zero-order valence-electron chi connectivity index (χ0n) is 10.4. The van der Waals surface area contributed by atoms with Gasteiger partial charge in [-0.3, -0.25) is 4.68 Å². The first-order valence-corrected chi connectivity index (χ1v) is 5.94. The van der Waals surface area contributed by atoms with Crippen molar-refractivity contribution in [3.63, 3.8) is 0 Å². The third-order valence-electron chi connectivity index (χ3n) is 2.87. The minimum Gasteiger partial charge on any atom is -0.380 e. The Morgan fingerprint density at radius 1 is 1.33 bits per heavy atom. The molecule has 3 heteroatoms. The Balaban J connectivity index is 2.60. The van der Waals surface area contributed by atoms with Crippen molar-refractivity contribution in [3.05, 3.63) is 11.9 Å². The van der Waals surface area contributed by atoms with Crippen molar-refractivity contribution in [1.82, 2.24) is 9.78 Å². The quantitative estimate of drug-likeness (QED) is 0.780. The minimum absolute atomic E-state index is 0.600. The molecule has 0 unspecified atom stereocenters. The summed E-state index contributed by atoms with van der Waals surface area (Å²) >= 11 is 0. The van der Waals surface area contributed by atoms with Gasteiger partial charge < -0.3 is 5.32 Å². The number of aromatic nitrogens is 2. The molecule has 1 rings (SSSR count). The van der Waals surface area contributed by atoms with Gasteiger partial charge in [-0.15, -0.1) is 0 Å². The highest BCUT2D eigenvalue weighted by Crippen LogP contribution is 2.17. The van der Waals surface area contributed by atoms with E-state index in [4.69, 9.17) is 0 Å². The van der Waals surface area contributed by atoms with Crippen LogP contribution in [-0.2, 0) is 7.05 Å². The predicted molar refractivity (Wildman–Crippen MR) is 65.2 cm³/mol. The average Bonchev–Trinajstić information content (AvgIpc) is 2.51. The fourth-order valence-corrected chi connectivity index (χ4v) is 1.85. The molecule has 0 spiro atoms. The van der Waals surface area contributed by atoms with E-state index in [1.54, 1.807) is 0 Å². The van der Waals surface area contributed by atoms with E-state index >= 15 is 0 Å². The summed E-state index contributed by atoms with van der Waals surface area (Å²) in [5.41, 5.74) is 2.40. The Labute approximate surface area is 92.9 Å². The van der Waals surface area contributed by atoms with Gasteiger partial charge in [0.15, 0.2) is 0 Å². The lowest BCUT2D eigenvalue weighted by Crippen LogP contribution is -2.19. The Bertz CT molecular complexity index is 285. The zero-order chi connectivity index (χ0) is 11.3. The summed E-state index contributed by atoms with van der Waals surface area (Å²) in [6, 6.07) is 0.600. The topological polar surface area (TPSA) is 29.9 Å². The summed E-state index contributed by atoms with van der Waals surface area (Å²) in [5, 5.41) is 7.83. The molecule has 0 saturated carbocycles. The van der Waals surface area contributed by atoms with Crippen LogP contribution in [0.2, 0.25) is 0 Å². The van der Waals surface area contributed by atoms with Crippen LogP contribution in [-0.4, -0.2) is 15.8 Å². The standard InChI is InChI=1S/C12H23N3/c1-5-7-11(8-6-2)14-12-9-13-15(4)10(12)3/h9,11,14H,5-8H2,1-4H3. The lowest BCUT2D eigenvalue weighted by Gasteiger charge is -2.18. The monoisotopic (exact) mass is 209 g/mol. The number of rotatable bonds is 6. The molecule has 0 fully saturated rings. The molecule has 0 aliphatic rings. The van der Waals surface area contributed by atoms with Gasteiger partial charge in [0.05, 0.1) is 17.6 Å². The largest absolute Gasteiger partial charge is 0.380 e. The van der Waals surface area contributed by atoms with Crippen LogP contribution in [0, 0.1) is 6.92 Å². The van der Waals surface area contributed by atoms with E-state index in [1.807, 2.05) is 17.9 Å². The Morgan fingerprint density at radius 2 is 1.93 bits per heavy atom. The number of anilines is 1. The number of hydrogen-bond acceptors (Lipinski definition) is 2. The van der Waals surface area contributed by atoms with Crippen LogP contribution in [0.25, 0.3) is 0 Å². The van der Waals surface area contributed by atoms with Crippen molar-refractivity contribution in [2.24, 2.45) is 7.05 Å². The first-order chi connectivity index (χ1) is 7.19. The number of nitrogens with zero attached hydrogens (tertiary/aromatic N) is 2. The molecule has 86 valence electrons. The smallest absolute Gasteiger partial charge is 0.0758 e. The first-order valence-electron chi connectivity index (χ1n) is 5.94. The molecule has 0 aromatic carbocycles. The van der Waals surface area contributed by atoms with Gasteiger partial charge in [0, 0.05) is 13.1 Å². The van der Waals surface area contributed by atoms with Gasteiger partial charge in [0.1, 0.15) is 0 Å². The second-order valence-corrected chi connectivity index (χ2v) is 4.19. The summed E-state index contributed by atoms with van der Waals surface area (Å²) in [6.45, 7) is 6.57. The summed E-state index contributed by atoms with van der Waals surface area (Å²) < 4.78 is 1.91. The van der Waals surface area contributed by atoms with Crippen LogP contribution in [0.15, 0.2) is 6.20 Å². The Kier molecular flexibility index (Phi) is 4.66. The highest BCUT2D eigenvalue weighted by Gasteiger charge is 2.09. The minimum atomic E-state index is 0.600. The van der Waals surface area contributed by atoms with E-state index in [1.165, 1.54) is 37.1 Å². The van der Waals surface area contributed by atoms with Crippen molar-refractivity contribution >= 4 is 5.69 Å². The SMILES string of the molecule is CCCC(CCC)Nc1cnn(C)c1C. The molecule has 15 heavy (non-hydrogen) atoms. The normalized spacial score (nSPS) is 11.0. The molecule has 0 amide bonds. The lowest BCUT2D eigenvalue weighted by molar-refractivity contribution is 0.586. The van der Waals surface area contributed by atoms with Gasteiger partial charge in [-0.25, -0.2) is 0 Å². The third kappa shape index (κ3) is 3.26. The molecule has 0 saturated heterocycles. The fraction of sp³-hybridized carbons (Fsp3) is 0.750. The fourth-order valence-electron chi connectivity index (χ4n) is 1.85. The van der Waals surface area contributed by atoms with Gasteiger partial charge in [0.25, 0.3) is 0 Å². The van der Waals surface area contributed by atoms with Crippen LogP contribution in [0.1, 0.15) is 45.2 Å². The molecule has 3 nitrogen and oxygen atoms in total. The Hall–Kier alpha value is -0.990. The highest BCUT2D eigenvalue weighted by molar-refractivity contribution is 5.46. The molecule has 1 N–H and O–H groups in total. The predicted octanol–water partition coefficient (Wildman–Crippen LogP) is 3.11. The van der Waals surface area contributed by atoms with E-state index in [9.17, 15) is 0 Å². The van der Waals surface area contributed by atoms with E-state index in [0.29, 0.717) is 6.04 Å². The molecule has 1 aromatic heterocycles. The van der Waals surface area contributed by atoms with Crippen LogP contribution in [0.5, 0.6) is 0 Å². The van der Waals surface area contributed by atoms with Gasteiger partial charge in [-0.2, -0.15) is 5.10 Å². The van der Waals surface area contributed by atoms with Gasteiger partial charge >= 0.3 is 0 Å². The van der Waals surface area contributed by atoms with Crippen LogP contribution >= 0.6 is 0 Å². The van der Waals surface area contributed by atoms with Crippen molar-refractivity contribution in [1.29, 1.82) is 0 Å². The Morgan fingerprint density at radius 3 is 2.33 bits per heavy atom. The van der Waals surface area contributed by atoms with Crippen molar-refractivity contribution < 1.29 is 0 Å². The zero-order valence-corrected chi connectivity index (χ0v) is 10.4. The maximum Gasteiger partial charge on any atom is 0.0758 e.